The molecule has 0 unspecified atom stereocenters. The first-order valence-electron chi connectivity index (χ1n) is 9.25. The van der Waals surface area contributed by atoms with Gasteiger partial charge in [-0.3, -0.25) is 9.59 Å². The van der Waals surface area contributed by atoms with Crippen LogP contribution >= 0.6 is 11.8 Å². The zero-order chi connectivity index (χ0) is 19.7. The highest BCUT2D eigenvalue weighted by Crippen LogP contribution is 2.44. The van der Waals surface area contributed by atoms with Crippen molar-refractivity contribution >= 4 is 23.6 Å². The first-order chi connectivity index (χ1) is 13.5. The fourth-order valence-electron chi connectivity index (χ4n) is 3.92. The Labute approximate surface area is 166 Å². The molecule has 0 aromatic heterocycles. The van der Waals surface area contributed by atoms with Gasteiger partial charge in [-0.25, -0.2) is 8.78 Å². The number of halogens is 2. The molecule has 0 atom stereocenters. The standard InChI is InChI=1S/C21H20F2N2O2S/c22-17-6-4-15(5-7-17)19(26)24-10-8-21(9-11-24)25(12-13-28-21)20(27)16-2-1-3-18(23)14-16/h1-7,14H,8-13H2. The minimum atomic E-state index is -0.425. The Hall–Kier alpha value is -2.41. The third-order valence-corrected chi connectivity index (χ3v) is 6.97. The van der Waals surface area contributed by atoms with Crippen LogP contribution in [0.15, 0.2) is 48.5 Å². The van der Waals surface area contributed by atoms with E-state index < -0.39 is 5.82 Å². The molecule has 0 radical (unpaired) electrons. The van der Waals surface area contributed by atoms with Crippen molar-refractivity contribution in [1.82, 2.24) is 9.80 Å². The molecule has 1 spiro atoms. The van der Waals surface area contributed by atoms with Gasteiger partial charge in [0.1, 0.15) is 11.6 Å². The van der Waals surface area contributed by atoms with Crippen LogP contribution < -0.4 is 0 Å². The molecule has 28 heavy (non-hydrogen) atoms. The van der Waals surface area contributed by atoms with Crippen LogP contribution in [-0.4, -0.2) is 51.9 Å². The van der Waals surface area contributed by atoms with Crippen molar-refractivity contribution in [2.75, 3.05) is 25.4 Å². The average molecular weight is 402 g/mol. The number of likely N-dealkylation sites (tertiary alicyclic amines) is 1. The Kier molecular flexibility index (Phi) is 5.10. The highest BCUT2D eigenvalue weighted by Gasteiger charge is 2.47. The molecule has 2 aliphatic heterocycles. The summed E-state index contributed by atoms with van der Waals surface area (Å²) in [6.45, 7) is 1.66. The van der Waals surface area contributed by atoms with E-state index in [1.165, 1.54) is 36.4 Å². The molecule has 2 amide bonds. The van der Waals surface area contributed by atoms with Gasteiger partial charge in [0.2, 0.25) is 0 Å². The summed E-state index contributed by atoms with van der Waals surface area (Å²) in [6, 6.07) is 11.3. The normalized spacial score (nSPS) is 18.5. The van der Waals surface area contributed by atoms with Gasteiger partial charge in [0.25, 0.3) is 11.8 Å². The van der Waals surface area contributed by atoms with Gasteiger partial charge in [-0.2, -0.15) is 0 Å². The molecule has 7 heteroatoms. The summed E-state index contributed by atoms with van der Waals surface area (Å²) in [5, 5.41) is 0. The number of benzene rings is 2. The molecule has 0 N–H and O–H groups in total. The third-order valence-electron chi connectivity index (χ3n) is 5.42. The van der Waals surface area contributed by atoms with E-state index in [0.717, 1.165) is 5.75 Å². The molecular formula is C21H20F2N2O2S. The lowest BCUT2D eigenvalue weighted by Crippen LogP contribution is -2.53. The van der Waals surface area contributed by atoms with Crippen LogP contribution in [0.1, 0.15) is 33.6 Å². The van der Waals surface area contributed by atoms with Gasteiger partial charge in [0.15, 0.2) is 0 Å². The number of hydrogen-bond acceptors (Lipinski definition) is 3. The van der Waals surface area contributed by atoms with Gasteiger partial charge >= 0.3 is 0 Å². The van der Waals surface area contributed by atoms with Crippen LogP contribution in [0.25, 0.3) is 0 Å². The SMILES string of the molecule is O=C(c1ccc(F)cc1)N1CCC2(CC1)SCCN2C(=O)c1cccc(F)c1. The fourth-order valence-corrected chi connectivity index (χ4v) is 5.38. The Morgan fingerprint density at radius 2 is 1.57 bits per heavy atom. The average Bonchev–Trinajstić information content (AvgIpc) is 3.11. The highest BCUT2D eigenvalue weighted by molar-refractivity contribution is 8.00. The highest BCUT2D eigenvalue weighted by atomic mass is 32.2. The molecular weight excluding hydrogens is 382 g/mol. The molecule has 2 fully saturated rings. The summed E-state index contributed by atoms with van der Waals surface area (Å²) in [7, 11) is 0. The largest absolute Gasteiger partial charge is 0.338 e. The zero-order valence-corrected chi connectivity index (χ0v) is 16.1. The number of amides is 2. The first kappa shape index (κ1) is 18.9. The number of carbonyl (C=O) groups excluding carboxylic acids is 2. The van der Waals surface area contributed by atoms with Crippen molar-refractivity contribution in [3.63, 3.8) is 0 Å². The summed E-state index contributed by atoms with van der Waals surface area (Å²) in [5.74, 6) is -0.259. The van der Waals surface area contributed by atoms with Crippen LogP contribution in [0, 0.1) is 11.6 Å². The van der Waals surface area contributed by atoms with Crippen molar-refractivity contribution < 1.29 is 18.4 Å². The van der Waals surface area contributed by atoms with Crippen molar-refractivity contribution in [3.8, 4) is 0 Å². The maximum atomic E-state index is 13.5. The van der Waals surface area contributed by atoms with Crippen molar-refractivity contribution in [1.29, 1.82) is 0 Å². The molecule has 146 valence electrons. The van der Waals surface area contributed by atoms with Crippen LogP contribution in [0.5, 0.6) is 0 Å². The van der Waals surface area contributed by atoms with Gasteiger partial charge < -0.3 is 9.80 Å². The van der Waals surface area contributed by atoms with Gasteiger partial charge in [-0.15, -0.1) is 11.8 Å². The number of rotatable bonds is 2. The summed E-state index contributed by atoms with van der Waals surface area (Å²) >= 11 is 1.74. The maximum absolute atomic E-state index is 13.5. The molecule has 2 aliphatic rings. The lowest BCUT2D eigenvalue weighted by Gasteiger charge is -2.44. The third kappa shape index (κ3) is 3.51. The van der Waals surface area contributed by atoms with Crippen LogP contribution in [0.2, 0.25) is 0 Å². The van der Waals surface area contributed by atoms with Gasteiger partial charge in [0, 0.05) is 36.5 Å². The second-order valence-electron chi connectivity index (χ2n) is 7.06. The Bertz CT molecular complexity index is 896. The summed E-state index contributed by atoms with van der Waals surface area (Å²) in [5.41, 5.74) is 0.816. The van der Waals surface area contributed by atoms with E-state index in [9.17, 15) is 18.4 Å². The number of nitrogens with zero attached hydrogens (tertiary/aromatic N) is 2. The number of thioether (sulfide) groups is 1. The lowest BCUT2D eigenvalue weighted by molar-refractivity contribution is 0.0497. The monoisotopic (exact) mass is 402 g/mol. The fraction of sp³-hybridized carbons (Fsp3) is 0.333. The van der Waals surface area contributed by atoms with Crippen molar-refractivity contribution in [3.05, 3.63) is 71.3 Å². The van der Waals surface area contributed by atoms with E-state index in [4.69, 9.17) is 0 Å². The summed E-state index contributed by atoms with van der Waals surface area (Å²) < 4.78 is 26.6. The lowest BCUT2D eigenvalue weighted by atomic mass is 10.00. The Morgan fingerprint density at radius 1 is 0.857 bits per heavy atom. The van der Waals surface area contributed by atoms with E-state index in [-0.39, 0.29) is 22.5 Å². The van der Waals surface area contributed by atoms with E-state index in [0.29, 0.717) is 43.6 Å². The number of hydrogen-bond donors (Lipinski definition) is 0. The van der Waals surface area contributed by atoms with E-state index in [2.05, 4.69) is 0 Å². The quantitative estimate of drug-likeness (QED) is 0.768. The van der Waals surface area contributed by atoms with Crippen LogP contribution in [-0.2, 0) is 0 Å². The molecule has 0 aliphatic carbocycles. The maximum Gasteiger partial charge on any atom is 0.255 e. The van der Waals surface area contributed by atoms with Gasteiger partial charge in [-0.1, -0.05) is 6.07 Å². The Balaban J connectivity index is 1.47. The molecule has 2 aromatic rings. The van der Waals surface area contributed by atoms with Crippen LogP contribution in [0.4, 0.5) is 8.78 Å². The predicted octanol–water partition coefficient (Wildman–Crippen LogP) is 3.79. The minimum absolute atomic E-state index is 0.124. The van der Waals surface area contributed by atoms with E-state index >= 15 is 0 Å². The topological polar surface area (TPSA) is 40.6 Å². The number of piperidine rings is 1. The summed E-state index contributed by atoms with van der Waals surface area (Å²) in [4.78, 5) is 28.9. The molecule has 2 aromatic carbocycles. The van der Waals surface area contributed by atoms with E-state index in [1.807, 2.05) is 4.90 Å². The molecule has 4 nitrogen and oxygen atoms in total. The van der Waals surface area contributed by atoms with Crippen molar-refractivity contribution in [2.24, 2.45) is 0 Å². The molecule has 2 saturated heterocycles. The summed E-state index contributed by atoms with van der Waals surface area (Å²) in [6.07, 6.45) is 1.32. The number of carbonyl (C=O) groups is 2. The zero-order valence-electron chi connectivity index (χ0n) is 15.2. The minimum Gasteiger partial charge on any atom is -0.338 e. The predicted molar refractivity (Wildman–Crippen MR) is 104 cm³/mol. The van der Waals surface area contributed by atoms with Crippen molar-refractivity contribution in [2.45, 2.75) is 17.7 Å². The van der Waals surface area contributed by atoms with Crippen LogP contribution in [0.3, 0.4) is 0 Å². The molecule has 0 saturated carbocycles. The smallest absolute Gasteiger partial charge is 0.255 e. The molecule has 2 heterocycles. The van der Waals surface area contributed by atoms with Gasteiger partial charge in [0.05, 0.1) is 4.87 Å². The second-order valence-corrected chi connectivity index (χ2v) is 8.52. The Morgan fingerprint density at radius 3 is 2.25 bits per heavy atom. The first-order valence-corrected chi connectivity index (χ1v) is 10.2. The second kappa shape index (κ2) is 7.54. The van der Waals surface area contributed by atoms with Gasteiger partial charge in [-0.05, 0) is 55.3 Å². The van der Waals surface area contributed by atoms with E-state index in [1.54, 1.807) is 28.8 Å². The molecule has 4 rings (SSSR count). The molecule has 0 bridgehead atoms.